The van der Waals surface area contributed by atoms with E-state index < -0.39 is 40.9 Å². The molecule has 0 fully saturated rings. The molecule has 0 aliphatic carbocycles. The molecule has 0 spiro atoms. The molecule has 0 radical (unpaired) electrons. The van der Waals surface area contributed by atoms with Gasteiger partial charge in [0.2, 0.25) is 0 Å². The Morgan fingerprint density at radius 1 is 0.971 bits per heavy atom. The number of urea groups is 1. The number of nitrogens with zero attached hydrogens (tertiary/aromatic N) is 5. The number of nitrogens with one attached hydrogen (secondary N) is 1. The molecular formula is C21H16F6N6O. The van der Waals surface area contributed by atoms with E-state index in [0.29, 0.717) is 42.1 Å². The van der Waals surface area contributed by atoms with E-state index in [-0.39, 0.29) is 17.7 Å². The number of alkyl halides is 6. The summed E-state index contributed by atoms with van der Waals surface area (Å²) in [6, 6.07) is 6.13. The summed E-state index contributed by atoms with van der Waals surface area (Å²) < 4.78 is 78.8. The van der Waals surface area contributed by atoms with Crippen molar-refractivity contribution in [3.8, 4) is 12.1 Å². The van der Waals surface area contributed by atoms with E-state index in [1.54, 1.807) is 12.1 Å². The summed E-state index contributed by atoms with van der Waals surface area (Å²) in [6.07, 6.45) is -8.41. The molecule has 2 aromatic rings. The molecule has 1 N–H and O–H groups in total. The topological polar surface area (TPSA) is 105 Å². The van der Waals surface area contributed by atoms with Gasteiger partial charge in [0, 0.05) is 6.54 Å². The molecule has 0 heterocycles. The monoisotopic (exact) mass is 482 g/mol. The van der Waals surface area contributed by atoms with Crippen LogP contribution in [0.15, 0.2) is 46.7 Å². The second-order valence-electron chi connectivity index (χ2n) is 6.77. The van der Waals surface area contributed by atoms with Crippen LogP contribution in [0.4, 0.5) is 42.5 Å². The van der Waals surface area contributed by atoms with Crippen LogP contribution < -0.4 is 10.3 Å². The van der Waals surface area contributed by atoms with Gasteiger partial charge >= 0.3 is 18.4 Å². The zero-order chi connectivity index (χ0) is 25.5. The minimum atomic E-state index is -4.82. The van der Waals surface area contributed by atoms with Crippen molar-refractivity contribution in [1.82, 2.24) is 5.32 Å². The Labute approximate surface area is 189 Å². The van der Waals surface area contributed by atoms with Crippen LogP contribution in [0.3, 0.4) is 0 Å². The summed E-state index contributed by atoms with van der Waals surface area (Å²) in [4.78, 5) is 12.7. The molecule has 178 valence electrons. The smallest absolute Gasteiger partial charge is 0.336 e. The Balaban J connectivity index is 2.63. The van der Waals surface area contributed by atoms with E-state index in [0.717, 1.165) is 12.1 Å². The fourth-order valence-electron chi connectivity index (χ4n) is 2.60. The minimum Gasteiger partial charge on any atom is -0.336 e. The standard InChI is InChI=1S/C21H16F6N6O/c1-2-3-8-30-19(34)33(18-10-16(21(25,26)27)7-5-14(18)12-29)32-31-17-9-15(20(22,23)24)6-4-13(17)11-28/h4-7,9-10H,2-3,8H2,1H3,(H,30,34). The molecule has 2 rings (SSSR count). The van der Waals surface area contributed by atoms with Gasteiger partial charge in [0.1, 0.15) is 17.8 Å². The Hall–Kier alpha value is -4.13. The number of rotatable bonds is 6. The third kappa shape index (κ3) is 6.45. The number of hydrogen-bond donors (Lipinski definition) is 1. The van der Waals surface area contributed by atoms with Crippen LogP contribution >= 0.6 is 0 Å². The van der Waals surface area contributed by atoms with Crippen molar-refractivity contribution < 1.29 is 31.1 Å². The molecule has 13 heteroatoms. The molecule has 0 atom stereocenters. The van der Waals surface area contributed by atoms with Crippen LogP contribution in [-0.2, 0) is 12.4 Å². The van der Waals surface area contributed by atoms with Gasteiger partial charge in [-0.15, -0.1) is 5.11 Å². The van der Waals surface area contributed by atoms with Gasteiger partial charge in [0.05, 0.1) is 27.9 Å². The third-order valence-electron chi connectivity index (χ3n) is 4.36. The SMILES string of the molecule is CCCCNC(=O)N(N=Nc1cc(C(F)(F)F)ccc1C#N)c1cc(C(F)(F)F)ccc1C#N. The number of halogens is 6. The molecule has 0 unspecified atom stereocenters. The number of hydrogen-bond acceptors (Lipinski definition) is 5. The first-order valence-electron chi connectivity index (χ1n) is 9.64. The molecule has 0 aromatic heterocycles. The second-order valence-corrected chi connectivity index (χ2v) is 6.77. The lowest BCUT2D eigenvalue weighted by Crippen LogP contribution is -2.37. The Morgan fingerprint density at radius 2 is 1.53 bits per heavy atom. The summed E-state index contributed by atoms with van der Waals surface area (Å²) in [5, 5.41) is 28.2. The fourth-order valence-corrected chi connectivity index (χ4v) is 2.60. The van der Waals surface area contributed by atoms with Crippen molar-refractivity contribution in [1.29, 1.82) is 10.5 Å². The molecular weight excluding hydrogens is 466 g/mol. The molecule has 0 saturated heterocycles. The van der Waals surface area contributed by atoms with Gasteiger partial charge in [-0.3, -0.25) is 0 Å². The minimum absolute atomic E-state index is 0.106. The van der Waals surface area contributed by atoms with Crippen LogP contribution in [0.25, 0.3) is 0 Å². The Morgan fingerprint density at radius 3 is 2.06 bits per heavy atom. The highest BCUT2D eigenvalue weighted by Gasteiger charge is 2.33. The Bertz CT molecular complexity index is 1160. The lowest BCUT2D eigenvalue weighted by molar-refractivity contribution is -0.138. The number of anilines is 1. The van der Waals surface area contributed by atoms with E-state index in [4.69, 9.17) is 5.26 Å². The maximum absolute atomic E-state index is 13.2. The highest BCUT2D eigenvalue weighted by atomic mass is 19.4. The molecule has 34 heavy (non-hydrogen) atoms. The summed E-state index contributed by atoms with van der Waals surface area (Å²) in [5.41, 5.74) is -4.22. The fraction of sp³-hybridized carbons (Fsp3) is 0.286. The first-order chi connectivity index (χ1) is 15.9. The molecule has 2 aromatic carbocycles. The lowest BCUT2D eigenvalue weighted by atomic mass is 10.1. The van der Waals surface area contributed by atoms with Crippen molar-refractivity contribution in [3.63, 3.8) is 0 Å². The number of carbonyl (C=O) groups excluding carboxylic acids is 1. The zero-order valence-corrected chi connectivity index (χ0v) is 17.5. The van der Waals surface area contributed by atoms with Crippen molar-refractivity contribution in [2.45, 2.75) is 32.1 Å². The molecule has 0 saturated carbocycles. The number of unbranched alkanes of at least 4 members (excludes halogenated alkanes) is 1. The van der Waals surface area contributed by atoms with Crippen LogP contribution in [0, 0.1) is 22.7 Å². The van der Waals surface area contributed by atoms with Crippen molar-refractivity contribution in [2.75, 3.05) is 11.6 Å². The van der Waals surface area contributed by atoms with Crippen LogP contribution in [0.1, 0.15) is 42.0 Å². The van der Waals surface area contributed by atoms with Gasteiger partial charge in [-0.05, 0) is 42.8 Å². The number of carbonyl (C=O) groups is 1. The second kappa shape index (κ2) is 10.7. The predicted molar refractivity (Wildman–Crippen MR) is 108 cm³/mol. The van der Waals surface area contributed by atoms with Gasteiger partial charge in [0.25, 0.3) is 0 Å². The lowest BCUT2D eigenvalue weighted by Gasteiger charge is -2.19. The van der Waals surface area contributed by atoms with E-state index in [1.165, 1.54) is 0 Å². The van der Waals surface area contributed by atoms with Crippen molar-refractivity contribution >= 4 is 17.4 Å². The maximum Gasteiger partial charge on any atom is 0.416 e. The molecule has 0 aliphatic rings. The summed E-state index contributed by atoms with van der Waals surface area (Å²) >= 11 is 0. The molecule has 7 nitrogen and oxygen atoms in total. The summed E-state index contributed by atoms with van der Waals surface area (Å²) in [6.45, 7) is 1.93. The number of benzene rings is 2. The number of nitriles is 2. The average Bonchev–Trinajstić information content (AvgIpc) is 2.78. The summed E-state index contributed by atoms with van der Waals surface area (Å²) in [5.74, 6) is 0. The van der Waals surface area contributed by atoms with E-state index in [1.807, 2.05) is 6.92 Å². The van der Waals surface area contributed by atoms with Crippen LogP contribution in [0.5, 0.6) is 0 Å². The highest BCUT2D eigenvalue weighted by Crippen LogP contribution is 2.35. The zero-order valence-electron chi connectivity index (χ0n) is 17.5. The predicted octanol–water partition coefficient (Wildman–Crippen LogP) is 6.48. The van der Waals surface area contributed by atoms with Gasteiger partial charge in [-0.2, -0.15) is 41.9 Å². The van der Waals surface area contributed by atoms with Crippen molar-refractivity contribution in [2.24, 2.45) is 10.3 Å². The summed E-state index contributed by atoms with van der Waals surface area (Å²) in [7, 11) is 0. The average molecular weight is 482 g/mol. The van der Waals surface area contributed by atoms with Crippen LogP contribution in [-0.4, -0.2) is 12.6 Å². The quantitative estimate of drug-likeness (QED) is 0.220. The van der Waals surface area contributed by atoms with E-state index >= 15 is 0 Å². The molecule has 0 aliphatic heterocycles. The van der Waals surface area contributed by atoms with Crippen LogP contribution in [0.2, 0.25) is 0 Å². The first-order valence-corrected chi connectivity index (χ1v) is 9.64. The van der Waals surface area contributed by atoms with E-state index in [2.05, 4.69) is 15.7 Å². The molecule has 0 bridgehead atoms. The largest absolute Gasteiger partial charge is 0.416 e. The third-order valence-corrected chi connectivity index (χ3v) is 4.36. The number of amides is 2. The highest BCUT2D eigenvalue weighted by molar-refractivity contribution is 5.92. The normalized spacial score (nSPS) is 11.7. The van der Waals surface area contributed by atoms with Gasteiger partial charge < -0.3 is 5.32 Å². The first kappa shape index (κ1) is 26.1. The van der Waals surface area contributed by atoms with Gasteiger partial charge in [-0.25, -0.2) is 4.79 Å². The molecule has 2 amide bonds. The van der Waals surface area contributed by atoms with E-state index in [9.17, 15) is 36.4 Å². The van der Waals surface area contributed by atoms with Gasteiger partial charge in [0.15, 0.2) is 0 Å². The maximum atomic E-state index is 13.2. The van der Waals surface area contributed by atoms with Crippen molar-refractivity contribution in [3.05, 3.63) is 58.7 Å². The van der Waals surface area contributed by atoms with Gasteiger partial charge in [-0.1, -0.05) is 18.6 Å². The Kier molecular flexibility index (Phi) is 8.19.